The maximum atomic E-state index is 12.0. The lowest BCUT2D eigenvalue weighted by Gasteiger charge is -2.21. The number of thioether (sulfide) groups is 1. The second kappa shape index (κ2) is 6.79. The van der Waals surface area contributed by atoms with Crippen molar-refractivity contribution < 1.29 is 9.53 Å². The molecule has 4 nitrogen and oxygen atoms in total. The molecule has 3 N–H and O–H groups in total. The zero-order valence-corrected chi connectivity index (χ0v) is 13.3. The molecule has 6 heteroatoms. The van der Waals surface area contributed by atoms with E-state index in [1.54, 1.807) is 0 Å². The summed E-state index contributed by atoms with van der Waals surface area (Å²) < 4.78 is 6.53. The fraction of sp³-hybridized carbons (Fsp3) is 0.400. The Bertz CT molecular complexity index is 636. The Balaban J connectivity index is 1.85. The third kappa shape index (κ3) is 3.23. The van der Waals surface area contributed by atoms with E-state index in [-0.39, 0.29) is 5.91 Å². The Morgan fingerprint density at radius 1 is 1.38 bits per heavy atom. The minimum atomic E-state index is -0.196. The summed E-state index contributed by atoms with van der Waals surface area (Å²) >= 11 is 3.43. The van der Waals surface area contributed by atoms with Crippen LogP contribution >= 0.6 is 23.1 Å². The van der Waals surface area contributed by atoms with Crippen molar-refractivity contribution in [3.8, 4) is 0 Å². The van der Waals surface area contributed by atoms with Crippen LogP contribution in [0.3, 0.4) is 0 Å². The van der Waals surface area contributed by atoms with Gasteiger partial charge in [0.2, 0.25) is 0 Å². The van der Waals surface area contributed by atoms with E-state index < -0.39 is 0 Å². The van der Waals surface area contributed by atoms with Crippen molar-refractivity contribution in [2.75, 3.05) is 13.2 Å². The van der Waals surface area contributed by atoms with E-state index in [1.165, 1.54) is 16.7 Å². The predicted molar refractivity (Wildman–Crippen MR) is 88.6 cm³/mol. The molecule has 1 aliphatic rings. The van der Waals surface area contributed by atoms with Gasteiger partial charge in [0.05, 0.1) is 4.88 Å². The third-order valence-electron chi connectivity index (χ3n) is 3.67. The first-order valence-electron chi connectivity index (χ1n) is 7.00. The minimum Gasteiger partial charge on any atom is -0.381 e. The largest absolute Gasteiger partial charge is 0.381 e. The van der Waals surface area contributed by atoms with Crippen LogP contribution in [0.1, 0.15) is 28.1 Å². The Hall–Kier alpha value is -1.08. The predicted octanol–water partition coefficient (Wildman–Crippen LogP) is 2.92. The number of nitrogen functional groups attached to an aromatic ring is 1. The molecule has 0 aliphatic carbocycles. The van der Waals surface area contributed by atoms with Gasteiger partial charge in [0, 0.05) is 28.9 Å². The molecule has 1 fully saturated rings. The van der Waals surface area contributed by atoms with Crippen molar-refractivity contribution in [3.05, 3.63) is 34.7 Å². The maximum absolute atomic E-state index is 12.0. The molecule has 1 amide bonds. The van der Waals surface area contributed by atoms with Crippen molar-refractivity contribution >= 4 is 39.1 Å². The smallest absolute Gasteiger partial charge is 0.275 e. The third-order valence-corrected chi connectivity index (χ3v) is 6.28. The zero-order chi connectivity index (χ0) is 14.7. The summed E-state index contributed by atoms with van der Waals surface area (Å²) in [6, 6.07) is 8.15. The van der Waals surface area contributed by atoms with Gasteiger partial charge in [-0.2, -0.15) is 11.8 Å². The minimum absolute atomic E-state index is 0.196. The van der Waals surface area contributed by atoms with Gasteiger partial charge in [-0.05, 0) is 29.9 Å². The van der Waals surface area contributed by atoms with Gasteiger partial charge < -0.3 is 4.74 Å². The molecule has 2 aromatic rings. The highest BCUT2D eigenvalue weighted by molar-refractivity contribution is 7.99. The molecule has 3 rings (SSSR count). The first-order chi connectivity index (χ1) is 10.3. The molecular formula is C15H18N2O2S2. The number of hydrogen-bond acceptors (Lipinski definition) is 5. The molecule has 1 aromatic carbocycles. The van der Waals surface area contributed by atoms with Crippen LogP contribution in [0.25, 0.3) is 10.1 Å². The van der Waals surface area contributed by atoms with Crippen LogP contribution < -0.4 is 11.3 Å². The topological polar surface area (TPSA) is 64.3 Å². The first kappa shape index (κ1) is 14.8. The summed E-state index contributed by atoms with van der Waals surface area (Å²) in [6.07, 6.45) is 2.18. The number of fused-ring (bicyclic) bond motifs is 1. The number of ether oxygens (including phenoxy) is 1. The summed E-state index contributed by atoms with van der Waals surface area (Å²) in [6.45, 7) is 1.69. The monoisotopic (exact) mass is 322 g/mol. The second-order valence-corrected chi connectivity index (χ2v) is 7.34. The SMILES string of the molecule is NNC(=O)c1sc2ccccc2c1CSC1CCOCC1. The Kier molecular flexibility index (Phi) is 4.80. The Labute approximate surface area is 132 Å². The van der Waals surface area contributed by atoms with E-state index >= 15 is 0 Å². The average molecular weight is 322 g/mol. The number of carbonyl (C=O) groups excluding carboxylic acids is 1. The number of amides is 1. The summed E-state index contributed by atoms with van der Waals surface area (Å²) in [5.41, 5.74) is 3.37. The van der Waals surface area contributed by atoms with Gasteiger partial charge >= 0.3 is 0 Å². The molecule has 0 saturated carbocycles. The number of carbonyl (C=O) groups is 1. The van der Waals surface area contributed by atoms with Gasteiger partial charge in [0.1, 0.15) is 0 Å². The fourth-order valence-electron chi connectivity index (χ4n) is 2.53. The number of benzene rings is 1. The van der Waals surface area contributed by atoms with Crippen molar-refractivity contribution in [2.24, 2.45) is 5.84 Å². The van der Waals surface area contributed by atoms with E-state index in [1.807, 2.05) is 23.9 Å². The van der Waals surface area contributed by atoms with Gasteiger partial charge in [0.15, 0.2) is 0 Å². The van der Waals surface area contributed by atoms with E-state index in [2.05, 4.69) is 17.6 Å². The van der Waals surface area contributed by atoms with Crippen molar-refractivity contribution in [1.82, 2.24) is 5.43 Å². The molecule has 0 unspecified atom stereocenters. The lowest BCUT2D eigenvalue weighted by atomic mass is 10.1. The van der Waals surface area contributed by atoms with E-state index in [9.17, 15) is 4.79 Å². The number of rotatable bonds is 4. The molecule has 0 spiro atoms. The van der Waals surface area contributed by atoms with Gasteiger partial charge in [-0.1, -0.05) is 18.2 Å². The standard InChI is InChI=1S/C15H18N2O2S2/c16-17-15(18)14-12(9-20-10-5-7-19-8-6-10)11-3-1-2-4-13(11)21-14/h1-4,10H,5-9,16H2,(H,17,18). The highest BCUT2D eigenvalue weighted by atomic mass is 32.2. The summed E-state index contributed by atoms with van der Waals surface area (Å²) in [4.78, 5) is 12.7. The molecule has 112 valence electrons. The first-order valence-corrected chi connectivity index (χ1v) is 8.87. The van der Waals surface area contributed by atoms with Crippen LogP contribution in [0.15, 0.2) is 24.3 Å². The molecule has 1 aliphatic heterocycles. The molecule has 21 heavy (non-hydrogen) atoms. The molecule has 2 heterocycles. The summed E-state index contributed by atoms with van der Waals surface area (Å²) in [5.74, 6) is 5.97. The number of nitrogens with two attached hydrogens (primary N) is 1. The molecule has 0 bridgehead atoms. The highest BCUT2D eigenvalue weighted by Crippen LogP contribution is 2.36. The van der Waals surface area contributed by atoms with Crippen molar-refractivity contribution in [3.63, 3.8) is 0 Å². The van der Waals surface area contributed by atoms with Crippen LogP contribution in [-0.2, 0) is 10.5 Å². The molecule has 1 aromatic heterocycles. The van der Waals surface area contributed by atoms with Crippen LogP contribution in [0.2, 0.25) is 0 Å². The normalized spacial score (nSPS) is 16.2. The van der Waals surface area contributed by atoms with Crippen LogP contribution in [-0.4, -0.2) is 24.4 Å². The number of hydrogen-bond donors (Lipinski definition) is 2. The second-order valence-electron chi connectivity index (χ2n) is 5.00. The van der Waals surface area contributed by atoms with Crippen LogP contribution in [0, 0.1) is 0 Å². The number of nitrogens with one attached hydrogen (secondary N) is 1. The Morgan fingerprint density at radius 2 is 2.14 bits per heavy atom. The van der Waals surface area contributed by atoms with Gasteiger partial charge in [-0.25, -0.2) is 5.84 Å². The number of thiophene rings is 1. The van der Waals surface area contributed by atoms with Gasteiger partial charge in [-0.3, -0.25) is 10.2 Å². The van der Waals surface area contributed by atoms with Crippen molar-refractivity contribution in [2.45, 2.75) is 23.8 Å². The van der Waals surface area contributed by atoms with Crippen LogP contribution in [0.5, 0.6) is 0 Å². The average Bonchev–Trinajstić information content (AvgIpc) is 2.92. The highest BCUT2D eigenvalue weighted by Gasteiger charge is 2.20. The fourth-order valence-corrected chi connectivity index (χ4v) is 4.98. The zero-order valence-electron chi connectivity index (χ0n) is 11.6. The maximum Gasteiger partial charge on any atom is 0.275 e. The lowest BCUT2D eigenvalue weighted by molar-refractivity contribution is 0.0956. The quantitative estimate of drug-likeness (QED) is 0.516. The summed E-state index contributed by atoms with van der Waals surface area (Å²) in [7, 11) is 0. The molecule has 0 atom stereocenters. The van der Waals surface area contributed by atoms with E-state index in [4.69, 9.17) is 10.6 Å². The molecule has 0 radical (unpaired) electrons. The molecular weight excluding hydrogens is 304 g/mol. The van der Waals surface area contributed by atoms with Crippen LogP contribution in [0.4, 0.5) is 0 Å². The van der Waals surface area contributed by atoms with E-state index in [0.717, 1.165) is 46.9 Å². The van der Waals surface area contributed by atoms with Gasteiger partial charge in [-0.15, -0.1) is 11.3 Å². The summed E-state index contributed by atoms with van der Waals surface area (Å²) in [5, 5.41) is 1.78. The molecule has 1 saturated heterocycles. The van der Waals surface area contributed by atoms with Gasteiger partial charge in [0.25, 0.3) is 5.91 Å². The Morgan fingerprint density at radius 3 is 2.90 bits per heavy atom. The number of hydrazine groups is 1. The van der Waals surface area contributed by atoms with Crippen molar-refractivity contribution in [1.29, 1.82) is 0 Å². The van der Waals surface area contributed by atoms with E-state index in [0.29, 0.717) is 5.25 Å². The lowest BCUT2D eigenvalue weighted by Crippen LogP contribution is -2.30.